The van der Waals surface area contributed by atoms with Gasteiger partial charge in [0.15, 0.2) is 5.96 Å². The highest BCUT2D eigenvalue weighted by atomic mass is 127. The number of halogens is 1. The molecule has 0 heterocycles. The van der Waals surface area contributed by atoms with E-state index < -0.39 is 0 Å². The van der Waals surface area contributed by atoms with Gasteiger partial charge in [0.25, 0.3) is 0 Å². The minimum Gasteiger partial charge on any atom is -0.492 e. The lowest BCUT2D eigenvalue weighted by atomic mass is 10.2. The lowest BCUT2D eigenvalue weighted by Crippen LogP contribution is -2.39. The molecule has 0 saturated carbocycles. The number of nitrogens with one attached hydrogen (secondary N) is 2. The summed E-state index contributed by atoms with van der Waals surface area (Å²) in [5, 5.41) is 15.4. The van der Waals surface area contributed by atoms with E-state index in [1.165, 1.54) is 0 Å². The second-order valence-electron chi connectivity index (χ2n) is 4.60. The van der Waals surface area contributed by atoms with Crippen LogP contribution in [-0.4, -0.2) is 43.9 Å². The van der Waals surface area contributed by atoms with Crippen LogP contribution < -0.4 is 15.4 Å². The molecular formula is C15H26IN3O2. The molecule has 0 fully saturated rings. The van der Waals surface area contributed by atoms with Gasteiger partial charge in [0, 0.05) is 19.7 Å². The van der Waals surface area contributed by atoms with E-state index in [-0.39, 0.29) is 36.5 Å². The van der Waals surface area contributed by atoms with Crippen LogP contribution in [0.15, 0.2) is 35.3 Å². The minimum atomic E-state index is 0. The second kappa shape index (κ2) is 12.7. The number of guanidine groups is 1. The molecule has 0 aliphatic heterocycles. The van der Waals surface area contributed by atoms with Gasteiger partial charge in [0.2, 0.25) is 0 Å². The van der Waals surface area contributed by atoms with Gasteiger partial charge in [-0.15, -0.1) is 24.0 Å². The van der Waals surface area contributed by atoms with Crippen LogP contribution in [-0.2, 0) is 0 Å². The molecule has 0 amide bonds. The Morgan fingerprint density at radius 2 is 2.00 bits per heavy atom. The van der Waals surface area contributed by atoms with Gasteiger partial charge in [0.1, 0.15) is 12.4 Å². The summed E-state index contributed by atoms with van der Waals surface area (Å²) in [7, 11) is 0. The van der Waals surface area contributed by atoms with Crippen molar-refractivity contribution in [2.24, 2.45) is 10.9 Å². The van der Waals surface area contributed by atoms with E-state index in [1.54, 1.807) is 0 Å². The first-order valence-electron chi connectivity index (χ1n) is 7.07. The second-order valence-corrected chi connectivity index (χ2v) is 4.60. The van der Waals surface area contributed by atoms with Gasteiger partial charge < -0.3 is 20.5 Å². The Morgan fingerprint density at radius 3 is 2.62 bits per heavy atom. The van der Waals surface area contributed by atoms with Crippen molar-refractivity contribution in [3.05, 3.63) is 30.3 Å². The molecule has 5 nitrogen and oxygen atoms in total. The number of para-hydroxylation sites is 1. The Labute approximate surface area is 144 Å². The summed E-state index contributed by atoms with van der Waals surface area (Å²) in [6, 6.07) is 9.73. The molecule has 1 aromatic carbocycles. The number of aliphatic hydroxyl groups is 1. The largest absolute Gasteiger partial charge is 0.492 e. The quantitative estimate of drug-likeness (QED) is 0.267. The number of ether oxygens (including phenoxy) is 1. The van der Waals surface area contributed by atoms with Crippen LogP contribution in [0.3, 0.4) is 0 Å². The third kappa shape index (κ3) is 9.52. The van der Waals surface area contributed by atoms with Crippen molar-refractivity contribution < 1.29 is 9.84 Å². The van der Waals surface area contributed by atoms with Crippen LogP contribution in [0.5, 0.6) is 5.75 Å². The Hall–Kier alpha value is -1.02. The van der Waals surface area contributed by atoms with Crippen LogP contribution in [0, 0.1) is 5.92 Å². The van der Waals surface area contributed by atoms with E-state index in [2.05, 4.69) is 15.6 Å². The van der Waals surface area contributed by atoms with E-state index in [0.717, 1.165) is 18.3 Å². The molecular weight excluding hydrogens is 381 g/mol. The number of hydrogen-bond donors (Lipinski definition) is 3. The lowest BCUT2D eigenvalue weighted by Gasteiger charge is -2.13. The molecule has 3 N–H and O–H groups in total. The first kappa shape index (κ1) is 20.0. The molecule has 1 rings (SSSR count). The molecule has 6 heteroatoms. The van der Waals surface area contributed by atoms with Crippen molar-refractivity contribution >= 4 is 29.9 Å². The number of benzene rings is 1. The standard InChI is InChI=1S/C15H25N3O2.HI/c1-3-16-15(18-11-13(2)12-19)17-9-10-20-14-7-5-4-6-8-14;/h4-8,13,19H,3,9-12H2,1-2H3,(H2,16,17,18);1H. The Kier molecular flexibility index (Phi) is 12.1. The fraction of sp³-hybridized carbons (Fsp3) is 0.533. The molecule has 0 aromatic heterocycles. The molecule has 0 bridgehead atoms. The Bertz CT molecular complexity index is 388. The molecule has 0 radical (unpaired) electrons. The van der Waals surface area contributed by atoms with Crippen molar-refractivity contribution in [2.75, 3.05) is 32.8 Å². The number of aliphatic imine (C=N–C) groups is 1. The zero-order valence-corrected chi connectivity index (χ0v) is 15.0. The van der Waals surface area contributed by atoms with Crippen molar-refractivity contribution in [1.82, 2.24) is 10.6 Å². The van der Waals surface area contributed by atoms with Gasteiger partial charge in [-0.2, -0.15) is 0 Å². The smallest absolute Gasteiger partial charge is 0.191 e. The van der Waals surface area contributed by atoms with E-state index in [9.17, 15) is 0 Å². The Balaban J connectivity index is 0.00000400. The summed E-state index contributed by atoms with van der Waals surface area (Å²) >= 11 is 0. The van der Waals surface area contributed by atoms with Gasteiger partial charge in [-0.25, -0.2) is 0 Å². The normalized spacial score (nSPS) is 12.2. The molecule has 120 valence electrons. The number of rotatable bonds is 8. The lowest BCUT2D eigenvalue weighted by molar-refractivity contribution is 0.241. The van der Waals surface area contributed by atoms with Gasteiger partial charge in [-0.05, 0) is 25.0 Å². The number of nitrogens with zero attached hydrogens (tertiary/aromatic N) is 1. The first-order chi connectivity index (χ1) is 9.76. The van der Waals surface area contributed by atoms with E-state index in [1.807, 2.05) is 44.2 Å². The van der Waals surface area contributed by atoms with Crippen molar-refractivity contribution in [1.29, 1.82) is 0 Å². The maximum atomic E-state index is 8.99. The fourth-order valence-electron chi connectivity index (χ4n) is 1.50. The highest BCUT2D eigenvalue weighted by Gasteiger charge is 2.01. The zero-order valence-electron chi connectivity index (χ0n) is 12.7. The van der Waals surface area contributed by atoms with Crippen LogP contribution in [0.1, 0.15) is 13.8 Å². The summed E-state index contributed by atoms with van der Waals surface area (Å²) < 4.78 is 5.60. The minimum absolute atomic E-state index is 0. The summed E-state index contributed by atoms with van der Waals surface area (Å²) in [5.41, 5.74) is 0. The predicted octanol–water partition coefficient (Wildman–Crippen LogP) is 1.87. The summed E-state index contributed by atoms with van der Waals surface area (Å²) in [5.74, 6) is 1.79. The van der Waals surface area contributed by atoms with Crippen LogP contribution >= 0.6 is 24.0 Å². The van der Waals surface area contributed by atoms with Crippen LogP contribution in [0.4, 0.5) is 0 Å². The monoisotopic (exact) mass is 407 g/mol. The third-order valence-electron chi connectivity index (χ3n) is 2.62. The maximum Gasteiger partial charge on any atom is 0.191 e. The molecule has 1 unspecified atom stereocenters. The summed E-state index contributed by atoms with van der Waals surface area (Å²) in [6.07, 6.45) is 0. The fourth-order valence-corrected chi connectivity index (χ4v) is 1.50. The van der Waals surface area contributed by atoms with Gasteiger partial charge in [-0.3, -0.25) is 4.99 Å². The van der Waals surface area contributed by atoms with E-state index in [0.29, 0.717) is 19.7 Å². The van der Waals surface area contributed by atoms with Crippen molar-refractivity contribution in [3.8, 4) is 5.75 Å². The van der Waals surface area contributed by atoms with Gasteiger partial charge in [-0.1, -0.05) is 25.1 Å². The van der Waals surface area contributed by atoms with Crippen LogP contribution in [0.2, 0.25) is 0 Å². The van der Waals surface area contributed by atoms with Crippen LogP contribution in [0.25, 0.3) is 0 Å². The zero-order chi connectivity index (χ0) is 14.6. The van der Waals surface area contributed by atoms with Gasteiger partial charge in [0.05, 0.1) is 6.54 Å². The van der Waals surface area contributed by atoms with E-state index in [4.69, 9.17) is 9.84 Å². The highest BCUT2D eigenvalue weighted by molar-refractivity contribution is 14.0. The molecule has 1 atom stereocenters. The van der Waals surface area contributed by atoms with Gasteiger partial charge >= 0.3 is 0 Å². The molecule has 1 aromatic rings. The summed E-state index contributed by atoms with van der Waals surface area (Å²) in [4.78, 5) is 4.41. The number of aliphatic hydroxyl groups excluding tert-OH is 1. The highest BCUT2D eigenvalue weighted by Crippen LogP contribution is 2.07. The average Bonchev–Trinajstić information content (AvgIpc) is 2.49. The molecule has 0 aliphatic carbocycles. The van der Waals surface area contributed by atoms with Crippen molar-refractivity contribution in [3.63, 3.8) is 0 Å². The average molecular weight is 407 g/mol. The SMILES string of the molecule is CCNC(=NCC(C)CO)NCCOc1ccccc1.I. The van der Waals surface area contributed by atoms with Crippen molar-refractivity contribution in [2.45, 2.75) is 13.8 Å². The summed E-state index contributed by atoms with van der Waals surface area (Å²) in [6.45, 7) is 6.79. The third-order valence-corrected chi connectivity index (χ3v) is 2.62. The Morgan fingerprint density at radius 1 is 1.29 bits per heavy atom. The number of hydrogen-bond acceptors (Lipinski definition) is 3. The maximum absolute atomic E-state index is 8.99. The molecule has 0 spiro atoms. The molecule has 0 aliphatic rings. The molecule has 0 saturated heterocycles. The van der Waals surface area contributed by atoms with E-state index >= 15 is 0 Å². The predicted molar refractivity (Wildman–Crippen MR) is 97.6 cm³/mol. The molecule has 21 heavy (non-hydrogen) atoms. The first-order valence-corrected chi connectivity index (χ1v) is 7.07. The topological polar surface area (TPSA) is 65.9 Å².